The number of aliphatic hydroxyl groups is 1. The van der Waals surface area contributed by atoms with E-state index in [0.717, 1.165) is 5.56 Å². The summed E-state index contributed by atoms with van der Waals surface area (Å²) in [7, 11) is 0. The van der Waals surface area contributed by atoms with Crippen molar-refractivity contribution in [2.45, 2.75) is 25.7 Å². The summed E-state index contributed by atoms with van der Waals surface area (Å²) >= 11 is 0. The maximum Gasteiger partial charge on any atom is 0.165 e. The van der Waals surface area contributed by atoms with Crippen LogP contribution in [0.2, 0.25) is 0 Å². The third kappa shape index (κ3) is 4.13. The molecule has 2 atom stereocenters. The number of halogens is 3. The summed E-state index contributed by atoms with van der Waals surface area (Å²) in [5.41, 5.74) is 1.90. The lowest BCUT2D eigenvalue weighted by Gasteiger charge is -2.12. The van der Waals surface area contributed by atoms with Gasteiger partial charge in [0.1, 0.15) is 24.3 Å². The summed E-state index contributed by atoms with van der Waals surface area (Å²) in [6, 6.07) is 14.4. The molecule has 0 amide bonds. The van der Waals surface area contributed by atoms with Crippen molar-refractivity contribution in [3.63, 3.8) is 0 Å². The molecule has 3 aromatic rings. The van der Waals surface area contributed by atoms with E-state index in [0.29, 0.717) is 23.5 Å². The Morgan fingerprint density at radius 3 is 2.38 bits per heavy atom. The first-order valence-electron chi connectivity index (χ1n) is 9.23. The molecule has 4 rings (SSSR count). The first-order chi connectivity index (χ1) is 13.9. The molecule has 29 heavy (non-hydrogen) atoms. The molecule has 1 N–H and O–H groups in total. The molecule has 0 aromatic heterocycles. The first-order valence-corrected chi connectivity index (χ1v) is 9.23. The van der Waals surface area contributed by atoms with Crippen molar-refractivity contribution in [2.75, 3.05) is 6.61 Å². The third-order valence-electron chi connectivity index (χ3n) is 4.90. The zero-order chi connectivity index (χ0) is 20.5. The van der Waals surface area contributed by atoms with E-state index in [4.69, 9.17) is 9.47 Å². The molecule has 2 unspecified atom stereocenters. The van der Waals surface area contributed by atoms with E-state index >= 15 is 0 Å². The fourth-order valence-electron chi connectivity index (χ4n) is 3.14. The van der Waals surface area contributed by atoms with Crippen molar-refractivity contribution in [3.05, 3.63) is 88.7 Å². The predicted molar refractivity (Wildman–Crippen MR) is 102 cm³/mol. The highest BCUT2D eigenvalue weighted by molar-refractivity contribution is 5.65. The summed E-state index contributed by atoms with van der Waals surface area (Å²) in [6.45, 7) is 1.81. The summed E-state index contributed by atoms with van der Waals surface area (Å²) in [5, 5.41) is 9.44. The van der Waals surface area contributed by atoms with Gasteiger partial charge in [-0.3, -0.25) is 0 Å². The second-order valence-electron chi connectivity index (χ2n) is 6.99. The lowest BCUT2D eigenvalue weighted by Crippen LogP contribution is -2.05. The van der Waals surface area contributed by atoms with Crippen LogP contribution in [0.15, 0.2) is 54.6 Å². The fraction of sp³-hybridized carbons (Fsp3) is 0.217. The van der Waals surface area contributed by atoms with Crippen LogP contribution >= 0.6 is 0 Å². The SMILES string of the molecule is CC(O)c1ccc(COc2ccc(-c3ccc(C4CO4)cc3F)cc2)c(F)c1F. The van der Waals surface area contributed by atoms with Gasteiger partial charge in [-0.1, -0.05) is 36.4 Å². The highest BCUT2D eigenvalue weighted by Crippen LogP contribution is 2.33. The molecule has 0 radical (unpaired) electrons. The van der Waals surface area contributed by atoms with Crippen molar-refractivity contribution >= 4 is 0 Å². The van der Waals surface area contributed by atoms with Crippen LogP contribution in [0.5, 0.6) is 5.75 Å². The number of epoxide rings is 1. The van der Waals surface area contributed by atoms with Crippen LogP contribution in [-0.2, 0) is 11.3 Å². The number of aliphatic hydroxyl groups excluding tert-OH is 1. The minimum Gasteiger partial charge on any atom is -0.489 e. The second kappa shape index (κ2) is 7.89. The predicted octanol–water partition coefficient (Wildman–Crippen LogP) is 5.47. The Balaban J connectivity index is 1.46. The molecule has 0 saturated carbocycles. The highest BCUT2D eigenvalue weighted by atomic mass is 19.2. The van der Waals surface area contributed by atoms with Crippen LogP contribution < -0.4 is 4.74 Å². The number of rotatable bonds is 6. The highest BCUT2D eigenvalue weighted by Gasteiger charge is 2.25. The van der Waals surface area contributed by atoms with Crippen LogP contribution in [0.3, 0.4) is 0 Å². The van der Waals surface area contributed by atoms with Gasteiger partial charge in [0.2, 0.25) is 0 Å². The molecule has 6 heteroatoms. The minimum absolute atomic E-state index is 0.00536. The Morgan fingerprint density at radius 2 is 1.76 bits per heavy atom. The van der Waals surface area contributed by atoms with Gasteiger partial charge in [0, 0.05) is 16.7 Å². The Morgan fingerprint density at radius 1 is 1.03 bits per heavy atom. The Hall–Kier alpha value is -2.83. The van der Waals surface area contributed by atoms with Gasteiger partial charge in [0.15, 0.2) is 11.6 Å². The molecule has 150 valence electrons. The van der Waals surface area contributed by atoms with Gasteiger partial charge in [-0.2, -0.15) is 0 Å². The zero-order valence-corrected chi connectivity index (χ0v) is 15.7. The van der Waals surface area contributed by atoms with Crippen molar-refractivity contribution in [3.8, 4) is 16.9 Å². The van der Waals surface area contributed by atoms with Crippen molar-refractivity contribution in [1.29, 1.82) is 0 Å². The molecule has 1 aliphatic heterocycles. The molecular weight excluding hydrogens is 381 g/mol. The zero-order valence-electron chi connectivity index (χ0n) is 15.7. The molecule has 0 bridgehead atoms. The molecule has 0 spiro atoms. The van der Waals surface area contributed by atoms with Crippen LogP contribution in [0.4, 0.5) is 13.2 Å². The van der Waals surface area contributed by atoms with Crippen molar-refractivity contribution in [2.24, 2.45) is 0 Å². The van der Waals surface area contributed by atoms with Crippen molar-refractivity contribution in [1.82, 2.24) is 0 Å². The smallest absolute Gasteiger partial charge is 0.165 e. The van der Waals surface area contributed by atoms with Crippen LogP contribution in [-0.4, -0.2) is 11.7 Å². The molecule has 0 aliphatic carbocycles. The van der Waals surface area contributed by atoms with Crippen LogP contribution in [0.1, 0.15) is 35.8 Å². The average molecular weight is 400 g/mol. The van der Waals surface area contributed by atoms with Gasteiger partial charge in [-0.25, -0.2) is 13.2 Å². The lowest BCUT2D eigenvalue weighted by atomic mass is 10.0. The molecular formula is C23H19F3O3. The summed E-state index contributed by atoms with van der Waals surface area (Å²) in [6.07, 6.45) is -1.10. The quantitative estimate of drug-likeness (QED) is 0.558. The summed E-state index contributed by atoms with van der Waals surface area (Å²) in [5.74, 6) is -2.01. The van der Waals surface area contributed by atoms with E-state index < -0.39 is 17.7 Å². The fourth-order valence-corrected chi connectivity index (χ4v) is 3.14. The van der Waals surface area contributed by atoms with Gasteiger partial charge in [-0.05, 0) is 36.2 Å². The molecule has 3 aromatic carbocycles. The Bertz CT molecular complexity index is 1030. The third-order valence-corrected chi connectivity index (χ3v) is 4.90. The topological polar surface area (TPSA) is 42.0 Å². The van der Waals surface area contributed by atoms with Crippen LogP contribution in [0.25, 0.3) is 11.1 Å². The number of hydrogen-bond acceptors (Lipinski definition) is 3. The first kappa shape index (κ1) is 19.5. The standard InChI is InChI=1S/C23H19F3O3/c1-13(27)18-8-5-16(22(25)23(18)26)11-28-17-6-2-14(3-7-17)19-9-4-15(10-20(19)24)21-12-29-21/h2-10,13,21,27H,11-12H2,1H3. The van der Waals surface area contributed by atoms with E-state index in [1.54, 1.807) is 30.3 Å². The lowest BCUT2D eigenvalue weighted by molar-refractivity contribution is 0.192. The van der Waals surface area contributed by atoms with Gasteiger partial charge < -0.3 is 14.6 Å². The minimum atomic E-state index is -1.10. The summed E-state index contributed by atoms with van der Waals surface area (Å²) in [4.78, 5) is 0. The van der Waals surface area contributed by atoms with E-state index in [9.17, 15) is 18.3 Å². The van der Waals surface area contributed by atoms with E-state index in [-0.39, 0.29) is 29.7 Å². The Kier molecular flexibility index (Phi) is 5.30. The molecule has 1 fully saturated rings. The van der Waals surface area contributed by atoms with E-state index in [1.165, 1.54) is 25.1 Å². The molecule has 1 aliphatic rings. The normalized spacial score (nSPS) is 16.5. The maximum absolute atomic E-state index is 14.4. The van der Waals surface area contributed by atoms with E-state index in [1.807, 2.05) is 6.07 Å². The van der Waals surface area contributed by atoms with Gasteiger partial charge in [0.05, 0.1) is 12.7 Å². The van der Waals surface area contributed by atoms with Gasteiger partial charge in [-0.15, -0.1) is 0 Å². The maximum atomic E-state index is 14.4. The van der Waals surface area contributed by atoms with E-state index in [2.05, 4.69) is 0 Å². The molecule has 3 nitrogen and oxygen atoms in total. The number of benzene rings is 3. The average Bonchev–Trinajstić information content (AvgIpc) is 3.55. The monoisotopic (exact) mass is 400 g/mol. The number of ether oxygens (including phenoxy) is 2. The number of hydrogen-bond donors (Lipinski definition) is 1. The van der Waals surface area contributed by atoms with Crippen LogP contribution in [0, 0.1) is 17.5 Å². The second-order valence-corrected chi connectivity index (χ2v) is 6.99. The molecule has 1 heterocycles. The largest absolute Gasteiger partial charge is 0.489 e. The summed E-state index contributed by atoms with van der Waals surface area (Å²) < 4.78 is 53.2. The molecule has 1 saturated heterocycles. The van der Waals surface area contributed by atoms with Gasteiger partial charge >= 0.3 is 0 Å². The Labute approximate surface area is 166 Å². The van der Waals surface area contributed by atoms with Crippen molar-refractivity contribution < 1.29 is 27.8 Å². The van der Waals surface area contributed by atoms with Gasteiger partial charge in [0.25, 0.3) is 0 Å².